The van der Waals surface area contributed by atoms with E-state index in [2.05, 4.69) is 20.7 Å². The Hall–Kier alpha value is -0.140. The summed E-state index contributed by atoms with van der Waals surface area (Å²) in [5.41, 5.74) is 5.74. The van der Waals surface area contributed by atoms with Crippen LogP contribution in [0.2, 0.25) is 5.02 Å². The van der Waals surface area contributed by atoms with E-state index in [0.717, 1.165) is 25.7 Å². The van der Waals surface area contributed by atoms with Crippen LogP contribution in [-0.2, 0) is 10.0 Å². The maximum Gasteiger partial charge on any atom is 0.242 e. The lowest BCUT2D eigenvalue weighted by molar-refractivity contribution is 0.405. The lowest BCUT2D eigenvalue weighted by Crippen LogP contribution is -2.44. The van der Waals surface area contributed by atoms with Gasteiger partial charge in [-0.15, -0.1) is 0 Å². The van der Waals surface area contributed by atoms with E-state index in [1.807, 2.05) is 0 Å². The van der Waals surface area contributed by atoms with Crippen molar-refractivity contribution >= 4 is 37.6 Å². The van der Waals surface area contributed by atoms with Crippen molar-refractivity contribution in [3.05, 3.63) is 27.7 Å². The highest BCUT2D eigenvalue weighted by molar-refractivity contribution is 9.10. The van der Waals surface area contributed by atoms with E-state index in [9.17, 15) is 8.42 Å². The van der Waals surface area contributed by atoms with Crippen LogP contribution >= 0.6 is 27.5 Å². The molecular weight excluding hydrogens is 364 g/mol. The van der Waals surface area contributed by atoms with Gasteiger partial charge in [0.25, 0.3) is 0 Å². The molecule has 0 aromatic heterocycles. The zero-order valence-corrected chi connectivity index (χ0v) is 14.1. The Morgan fingerprint density at radius 2 is 2.05 bits per heavy atom. The summed E-state index contributed by atoms with van der Waals surface area (Å²) < 4.78 is 28.2. The molecule has 4 nitrogen and oxygen atoms in total. The van der Waals surface area contributed by atoms with Gasteiger partial charge in [-0.3, -0.25) is 0 Å². The van der Waals surface area contributed by atoms with Gasteiger partial charge in [-0.1, -0.05) is 30.5 Å². The number of nitrogens with one attached hydrogen (secondary N) is 1. The van der Waals surface area contributed by atoms with Crippen molar-refractivity contribution in [3.8, 4) is 0 Å². The molecule has 1 unspecified atom stereocenters. The molecule has 0 radical (unpaired) electrons. The highest BCUT2D eigenvalue weighted by atomic mass is 79.9. The first-order chi connectivity index (χ1) is 9.45. The van der Waals surface area contributed by atoms with E-state index in [1.54, 1.807) is 12.1 Å². The van der Waals surface area contributed by atoms with Crippen LogP contribution in [0.25, 0.3) is 0 Å². The van der Waals surface area contributed by atoms with Crippen LogP contribution in [0.4, 0.5) is 0 Å². The third kappa shape index (κ3) is 3.54. The van der Waals surface area contributed by atoms with Gasteiger partial charge in [0.05, 0.1) is 5.02 Å². The molecule has 0 spiro atoms. The molecule has 2 rings (SSSR count). The molecule has 1 aliphatic carbocycles. The van der Waals surface area contributed by atoms with Gasteiger partial charge < -0.3 is 5.73 Å². The highest BCUT2D eigenvalue weighted by Gasteiger charge is 2.29. The molecule has 1 atom stereocenters. The molecule has 1 aliphatic rings. The van der Waals surface area contributed by atoms with E-state index in [4.69, 9.17) is 17.3 Å². The van der Waals surface area contributed by atoms with Crippen molar-refractivity contribution in [2.75, 3.05) is 6.54 Å². The minimum Gasteiger partial charge on any atom is -0.329 e. The topological polar surface area (TPSA) is 72.2 Å². The summed E-state index contributed by atoms with van der Waals surface area (Å²) in [6.45, 7) is 0.301. The van der Waals surface area contributed by atoms with E-state index in [0.29, 0.717) is 16.9 Å². The maximum atomic E-state index is 12.5. The van der Waals surface area contributed by atoms with Gasteiger partial charge >= 0.3 is 0 Å². The Kier molecular flexibility index (Phi) is 5.48. The first-order valence-electron chi connectivity index (χ1n) is 6.62. The second-order valence-electron chi connectivity index (χ2n) is 5.06. The average molecular weight is 382 g/mol. The number of nitrogens with two attached hydrogens (primary N) is 1. The van der Waals surface area contributed by atoms with Crippen LogP contribution in [0, 0.1) is 5.92 Å². The predicted octanol–water partition coefficient (Wildman–Crippen LogP) is 2.90. The molecule has 0 aliphatic heterocycles. The molecule has 1 aromatic rings. The molecule has 0 heterocycles. The van der Waals surface area contributed by atoms with Gasteiger partial charge in [0, 0.05) is 17.1 Å². The van der Waals surface area contributed by atoms with Crippen LogP contribution in [0.1, 0.15) is 25.7 Å². The molecule has 0 saturated heterocycles. The van der Waals surface area contributed by atoms with Gasteiger partial charge in [0.1, 0.15) is 4.90 Å². The quantitative estimate of drug-likeness (QED) is 0.823. The lowest BCUT2D eigenvalue weighted by atomic mass is 9.99. The Labute approximate surface area is 133 Å². The van der Waals surface area contributed by atoms with Gasteiger partial charge in [0.15, 0.2) is 0 Å². The molecule has 1 saturated carbocycles. The van der Waals surface area contributed by atoms with Crippen LogP contribution in [0.15, 0.2) is 27.6 Å². The largest absolute Gasteiger partial charge is 0.329 e. The molecular formula is C13H18BrClN2O2S. The monoisotopic (exact) mass is 380 g/mol. The fourth-order valence-electron chi connectivity index (χ4n) is 2.65. The average Bonchev–Trinajstić information content (AvgIpc) is 2.93. The van der Waals surface area contributed by atoms with Crippen molar-refractivity contribution in [2.24, 2.45) is 11.7 Å². The smallest absolute Gasteiger partial charge is 0.242 e. The zero-order chi connectivity index (χ0) is 14.8. The van der Waals surface area contributed by atoms with Crippen molar-refractivity contribution in [2.45, 2.75) is 36.6 Å². The SMILES string of the molecule is NCC(NS(=O)(=O)c1cccc(Br)c1Cl)C1CCCC1. The predicted molar refractivity (Wildman–Crippen MR) is 84.3 cm³/mol. The second-order valence-corrected chi connectivity index (χ2v) is 7.97. The number of rotatable bonds is 5. The fraction of sp³-hybridized carbons (Fsp3) is 0.538. The molecule has 20 heavy (non-hydrogen) atoms. The van der Waals surface area contributed by atoms with Crippen molar-refractivity contribution in [3.63, 3.8) is 0 Å². The summed E-state index contributed by atoms with van der Waals surface area (Å²) in [6.07, 6.45) is 4.33. The number of halogens is 2. The Bertz CT molecular complexity index is 574. The van der Waals surface area contributed by atoms with Gasteiger partial charge in [-0.25, -0.2) is 13.1 Å². The fourth-order valence-corrected chi connectivity index (χ4v) is 5.00. The standard InChI is InChI=1S/C13H18BrClN2O2S/c14-10-6-3-7-12(13(10)15)20(18,19)17-11(8-16)9-4-1-2-5-9/h3,6-7,9,11,17H,1-2,4-5,8,16H2. The van der Waals surface area contributed by atoms with E-state index < -0.39 is 10.0 Å². The van der Waals surface area contributed by atoms with Gasteiger partial charge in [0.2, 0.25) is 10.0 Å². The summed E-state index contributed by atoms with van der Waals surface area (Å²) in [5, 5.41) is 0.196. The van der Waals surface area contributed by atoms with Crippen LogP contribution in [-0.4, -0.2) is 21.0 Å². The summed E-state index contributed by atoms with van der Waals surface area (Å²) >= 11 is 9.31. The lowest BCUT2D eigenvalue weighted by Gasteiger charge is -2.23. The van der Waals surface area contributed by atoms with E-state index in [-0.39, 0.29) is 16.0 Å². The normalized spacial score (nSPS) is 18.4. The molecule has 0 bridgehead atoms. The molecule has 112 valence electrons. The minimum absolute atomic E-state index is 0.0880. The summed E-state index contributed by atoms with van der Waals surface area (Å²) in [5.74, 6) is 0.320. The summed E-state index contributed by atoms with van der Waals surface area (Å²) in [7, 11) is -3.65. The van der Waals surface area contributed by atoms with Crippen LogP contribution < -0.4 is 10.5 Å². The molecule has 3 N–H and O–H groups in total. The summed E-state index contributed by atoms with van der Waals surface area (Å²) in [4.78, 5) is 0.0880. The molecule has 1 aromatic carbocycles. The van der Waals surface area contributed by atoms with Gasteiger partial charge in [-0.2, -0.15) is 0 Å². The number of hydrogen-bond acceptors (Lipinski definition) is 3. The third-order valence-corrected chi connectivity index (χ3v) is 6.68. The van der Waals surface area contributed by atoms with Crippen LogP contribution in [0.3, 0.4) is 0 Å². The Morgan fingerprint density at radius 3 is 2.65 bits per heavy atom. The second kappa shape index (κ2) is 6.75. The minimum atomic E-state index is -3.65. The first-order valence-corrected chi connectivity index (χ1v) is 9.27. The van der Waals surface area contributed by atoms with Crippen LogP contribution in [0.5, 0.6) is 0 Å². The zero-order valence-electron chi connectivity index (χ0n) is 11.0. The van der Waals surface area contributed by atoms with Crippen molar-refractivity contribution < 1.29 is 8.42 Å². The molecule has 0 amide bonds. The Balaban J connectivity index is 2.23. The maximum absolute atomic E-state index is 12.5. The molecule has 1 fully saturated rings. The highest BCUT2D eigenvalue weighted by Crippen LogP contribution is 2.31. The van der Waals surface area contributed by atoms with E-state index in [1.165, 1.54) is 6.07 Å². The van der Waals surface area contributed by atoms with Crippen molar-refractivity contribution in [1.29, 1.82) is 0 Å². The van der Waals surface area contributed by atoms with Gasteiger partial charge in [-0.05, 0) is 46.8 Å². The molecule has 7 heteroatoms. The van der Waals surface area contributed by atoms with Crippen molar-refractivity contribution in [1.82, 2.24) is 4.72 Å². The first kappa shape index (κ1) is 16.2. The van der Waals surface area contributed by atoms with E-state index >= 15 is 0 Å². The number of sulfonamides is 1. The number of hydrogen-bond donors (Lipinski definition) is 2. The Morgan fingerprint density at radius 1 is 1.40 bits per heavy atom. The third-order valence-electron chi connectivity index (χ3n) is 3.74. The number of benzene rings is 1. The summed E-state index contributed by atoms with van der Waals surface area (Å²) in [6, 6.07) is 4.63.